The van der Waals surface area contributed by atoms with Gasteiger partial charge in [0.05, 0.1) is 16.7 Å². The van der Waals surface area contributed by atoms with E-state index in [4.69, 9.17) is 4.42 Å². The minimum Gasteiger partial charge on any atom is -0.454 e. The third-order valence-corrected chi connectivity index (χ3v) is 11.2. The van der Waals surface area contributed by atoms with Gasteiger partial charge in [-0.15, -0.1) is 0 Å². The SMILES string of the molecule is c1ccc(-c2cccc(N(c3ccc(-c4ccc5c(c4)c4ccccc4n5-c4cccc5c4oc4ccccc45)cc3)c3cccc(-c4ccccc4)c3)c2)cc1. The highest BCUT2D eigenvalue weighted by Gasteiger charge is 2.19. The van der Waals surface area contributed by atoms with Crippen LogP contribution >= 0.6 is 0 Å². The summed E-state index contributed by atoms with van der Waals surface area (Å²) in [4.78, 5) is 2.36. The smallest absolute Gasteiger partial charge is 0.159 e. The normalized spacial score (nSPS) is 11.5. The van der Waals surface area contributed by atoms with Crippen molar-refractivity contribution < 1.29 is 4.42 Å². The summed E-state index contributed by atoms with van der Waals surface area (Å²) in [6.45, 7) is 0. The van der Waals surface area contributed by atoms with Gasteiger partial charge in [0, 0.05) is 38.6 Å². The molecule has 0 unspecified atom stereocenters. The zero-order valence-corrected chi connectivity index (χ0v) is 31.1. The maximum absolute atomic E-state index is 6.53. The van der Waals surface area contributed by atoms with Gasteiger partial charge in [-0.3, -0.25) is 0 Å². The van der Waals surface area contributed by atoms with Gasteiger partial charge in [-0.2, -0.15) is 0 Å². The van der Waals surface area contributed by atoms with Crippen molar-refractivity contribution in [3.8, 4) is 39.1 Å². The Labute approximate surface area is 330 Å². The number of nitrogens with zero attached hydrogens (tertiary/aromatic N) is 2. The molecule has 9 aromatic carbocycles. The molecule has 0 radical (unpaired) electrons. The van der Waals surface area contributed by atoms with E-state index in [9.17, 15) is 0 Å². The Hall–Kier alpha value is -7.62. The lowest BCUT2D eigenvalue weighted by Crippen LogP contribution is -2.10. The lowest BCUT2D eigenvalue weighted by Gasteiger charge is -2.27. The first-order chi connectivity index (χ1) is 28.3. The van der Waals surface area contributed by atoms with Gasteiger partial charge in [0.2, 0.25) is 0 Å². The Morgan fingerprint density at radius 2 is 0.825 bits per heavy atom. The van der Waals surface area contributed by atoms with E-state index >= 15 is 0 Å². The first-order valence-corrected chi connectivity index (χ1v) is 19.4. The van der Waals surface area contributed by atoms with Crippen molar-refractivity contribution >= 4 is 60.8 Å². The van der Waals surface area contributed by atoms with Crippen LogP contribution in [-0.4, -0.2) is 4.57 Å². The van der Waals surface area contributed by atoms with Crippen LogP contribution in [0.4, 0.5) is 17.1 Å². The molecule has 0 N–H and O–H groups in total. The third kappa shape index (κ3) is 5.68. The Morgan fingerprint density at radius 1 is 0.316 bits per heavy atom. The summed E-state index contributed by atoms with van der Waals surface area (Å²) in [5.41, 5.74) is 15.5. The predicted molar refractivity (Wildman–Crippen MR) is 239 cm³/mol. The first-order valence-electron chi connectivity index (χ1n) is 19.4. The van der Waals surface area contributed by atoms with Crippen LogP contribution in [0.15, 0.2) is 223 Å². The average Bonchev–Trinajstić information content (AvgIpc) is 3.83. The van der Waals surface area contributed by atoms with E-state index in [1.165, 1.54) is 38.6 Å². The number of rotatable bonds is 7. The van der Waals surface area contributed by atoms with E-state index in [-0.39, 0.29) is 0 Å². The van der Waals surface area contributed by atoms with Crippen LogP contribution in [0.3, 0.4) is 0 Å². The predicted octanol–water partition coefficient (Wildman–Crippen LogP) is 15.2. The summed E-state index contributed by atoms with van der Waals surface area (Å²) in [6, 6.07) is 78.1. The van der Waals surface area contributed by atoms with Crippen LogP contribution in [0.2, 0.25) is 0 Å². The number of hydrogen-bond donors (Lipinski definition) is 0. The standard InChI is InChI=1S/C54H36N2O/c1-3-14-37(15-4-1)40-18-11-20-44(34-40)55(45-21-12-19-41(35-45)38-16-5-2-6-17-38)43-31-28-39(29-32-43)42-30-33-51-49(36-42)46-22-7-9-25-50(46)56(51)52-26-13-24-48-47-23-8-10-27-53(47)57-54(48)52/h1-36H. The Balaban J connectivity index is 1.02. The molecule has 0 amide bonds. The van der Waals surface area contributed by atoms with Gasteiger partial charge in [-0.25, -0.2) is 0 Å². The fourth-order valence-corrected chi connectivity index (χ4v) is 8.48. The Morgan fingerprint density at radius 3 is 1.53 bits per heavy atom. The van der Waals surface area contributed by atoms with E-state index in [1.54, 1.807) is 0 Å². The number of anilines is 3. The van der Waals surface area contributed by atoms with Crippen molar-refractivity contribution in [1.29, 1.82) is 0 Å². The Kier molecular flexibility index (Phi) is 7.82. The Bertz CT molecular complexity index is 3150. The largest absolute Gasteiger partial charge is 0.454 e. The van der Waals surface area contributed by atoms with Gasteiger partial charge < -0.3 is 13.9 Å². The quantitative estimate of drug-likeness (QED) is 0.163. The highest BCUT2D eigenvalue weighted by atomic mass is 16.3. The molecule has 11 aromatic rings. The number of fused-ring (bicyclic) bond motifs is 6. The van der Waals surface area contributed by atoms with Gasteiger partial charge in [-0.1, -0.05) is 152 Å². The number of benzene rings is 9. The minimum atomic E-state index is 0.897. The van der Waals surface area contributed by atoms with E-state index in [0.29, 0.717) is 0 Å². The molecule has 0 aliphatic heterocycles. The summed E-state index contributed by atoms with van der Waals surface area (Å²) < 4.78 is 8.88. The van der Waals surface area contributed by atoms with Crippen LogP contribution in [0, 0.1) is 0 Å². The molecule has 2 aromatic heterocycles. The van der Waals surface area contributed by atoms with Crippen molar-refractivity contribution in [3.05, 3.63) is 218 Å². The maximum atomic E-state index is 6.53. The van der Waals surface area contributed by atoms with Crippen molar-refractivity contribution in [3.63, 3.8) is 0 Å². The molecule has 3 nitrogen and oxygen atoms in total. The molecule has 3 heteroatoms. The zero-order chi connectivity index (χ0) is 37.7. The van der Waals surface area contributed by atoms with Gasteiger partial charge in [0.1, 0.15) is 5.58 Å². The molecule has 0 saturated heterocycles. The van der Waals surface area contributed by atoms with Crippen molar-refractivity contribution in [2.24, 2.45) is 0 Å². The number of hydrogen-bond acceptors (Lipinski definition) is 2. The lowest BCUT2D eigenvalue weighted by molar-refractivity contribution is 0.666. The summed E-state index contributed by atoms with van der Waals surface area (Å²) >= 11 is 0. The average molecular weight is 729 g/mol. The van der Waals surface area contributed by atoms with E-state index < -0.39 is 0 Å². The summed E-state index contributed by atoms with van der Waals surface area (Å²) in [7, 11) is 0. The van der Waals surface area contributed by atoms with Gasteiger partial charge >= 0.3 is 0 Å². The van der Waals surface area contributed by atoms with E-state index in [2.05, 4.69) is 216 Å². The molecular formula is C54H36N2O. The van der Waals surface area contributed by atoms with Crippen molar-refractivity contribution in [1.82, 2.24) is 4.57 Å². The van der Waals surface area contributed by atoms with Crippen LogP contribution in [-0.2, 0) is 0 Å². The van der Waals surface area contributed by atoms with Gasteiger partial charge in [-0.05, 0) is 100 Å². The van der Waals surface area contributed by atoms with E-state index in [1.807, 2.05) is 12.1 Å². The molecule has 268 valence electrons. The van der Waals surface area contributed by atoms with Crippen molar-refractivity contribution in [2.75, 3.05) is 4.90 Å². The summed E-state index contributed by atoms with van der Waals surface area (Å²) in [5, 5.41) is 4.67. The minimum absolute atomic E-state index is 0.897. The molecule has 2 heterocycles. The second-order valence-electron chi connectivity index (χ2n) is 14.6. The molecule has 0 aliphatic rings. The van der Waals surface area contributed by atoms with E-state index in [0.717, 1.165) is 61.3 Å². The second-order valence-corrected chi connectivity index (χ2v) is 14.6. The summed E-state index contributed by atoms with van der Waals surface area (Å²) in [6.07, 6.45) is 0. The van der Waals surface area contributed by atoms with Crippen LogP contribution in [0.5, 0.6) is 0 Å². The first kappa shape index (κ1) is 32.8. The molecular weight excluding hydrogens is 693 g/mol. The van der Waals surface area contributed by atoms with Crippen molar-refractivity contribution in [2.45, 2.75) is 0 Å². The molecule has 57 heavy (non-hydrogen) atoms. The molecule has 0 saturated carbocycles. The lowest BCUT2D eigenvalue weighted by atomic mass is 10.0. The fraction of sp³-hybridized carbons (Fsp3) is 0. The highest BCUT2D eigenvalue weighted by Crippen LogP contribution is 2.41. The zero-order valence-electron chi connectivity index (χ0n) is 31.1. The topological polar surface area (TPSA) is 21.3 Å². The van der Waals surface area contributed by atoms with Gasteiger partial charge in [0.25, 0.3) is 0 Å². The number of aromatic nitrogens is 1. The highest BCUT2D eigenvalue weighted by molar-refractivity contribution is 6.13. The molecule has 11 rings (SSSR count). The van der Waals surface area contributed by atoms with Gasteiger partial charge in [0.15, 0.2) is 5.58 Å². The monoisotopic (exact) mass is 728 g/mol. The molecule has 0 spiro atoms. The second kappa shape index (κ2) is 13.6. The molecule has 0 aliphatic carbocycles. The molecule has 0 bridgehead atoms. The molecule has 0 atom stereocenters. The maximum Gasteiger partial charge on any atom is 0.159 e. The third-order valence-electron chi connectivity index (χ3n) is 11.2. The number of para-hydroxylation sites is 3. The number of furan rings is 1. The van der Waals surface area contributed by atoms with Crippen LogP contribution in [0.1, 0.15) is 0 Å². The molecule has 0 fully saturated rings. The van der Waals surface area contributed by atoms with Crippen LogP contribution in [0.25, 0.3) is 82.8 Å². The fourth-order valence-electron chi connectivity index (χ4n) is 8.48. The summed E-state index contributed by atoms with van der Waals surface area (Å²) in [5.74, 6) is 0. The van der Waals surface area contributed by atoms with Crippen LogP contribution < -0.4 is 4.90 Å².